The first-order valence-corrected chi connectivity index (χ1v) is 7.56. The number of amides is 2. The van der Waals surface area contributed by atoms with E-state index in [1.165, 1.54) is 18.2 Å². The van der Waals surface area contributed by atoms with Gasteiger partial charge in [0.2, 0.25) is 0 Å². The molecule has 2 rings (SSSR count). The highest BCUT2D eigenvalue weighted by Gasteiger charge is 2.15. The van der Waals surface area contributed by atoms with Gasteiger partial charge in [-0.1, -0.05) is 37.6 Å². The van der Waals surface area contributed by atoms with Gasteiger partial charge in [-0.3, -0.25) is 9.59 Å². The number of carbonyl (C=O) groups excluding carboxylic acids is 2. The van der Waals surface area contributed by atoms with Crippen LogP contribution in [0.2, 0.25) is 0 Å². The molecular formula is C18H19FN2O2. The fraction of sp³-hybridized carbons (Fsp3) is 0.222. The number of carbonyl (C=O) groups is 2. The van der Waals surface area contributed by atoms with Crippen molar-refractivity contribution in [2.45, 2.75) is 19.8 Å². The minimum Gasteiger partial charge on any atom is -0.352 e. The van der Waals surface area contributed by atoms with Gasteiger partial charge in [0.15, 0.2) is 0 Å². The molecular weight excluding hydrogens is 295 g/mol. The minimum atomic E-state index is -0.602. The van der Waals surface area contributed by atoms with E-state index in [0.29, 0.717) is 17.8 Å². The van der Waals surface area contributed by atoms with E-state index in [9.17, 15) is 14.0 Å². The first kappa shape index (κ1) is 16.7. The molecule has 0 aliphatic rings. The summed E-state index contributed by atoms with van der Waals surface area (Å²) in [4.78, 5) is 24.4. The van der Waals surface area contributed by atoms with Crippen LogP contribution in [-0.4, -0.2) is 18.4 Å². The topological polar surface area (TPSA) is 58.2 Å². The number of rotatable bonds is 6. The summed E-state index contributed by atoms with van der Waals surface area (Å²) in [7, 11) is 0. The third-order valence-electron chi connectivity index (χ3n) is 3.35. The van der Waals surface area contributed by atoms with E-state index in [-0.39, 0.29) is 11.5 Å². The van der Waals surface area contributed by atoms with Crippen molar-refractivity contribution in [3.63, 3.8) is 0 Å². The molecule has 0 saturated heterocycles. The van der Waals surface area contributed by atoms with E-state index in [2.05, 4.69) is 10.6 Å². The van der Waals surface area contributed by atoms with E-state index in [1.807, 2.05) is 6.92 Å². The summed E-state index contributed by atoms with van der Waals surface area (Å²) in [5, 5.41) is 5.40. The zero-order valence-corrected chi connectivity index (χ0v) is 12.9. The summed E-state index contributed by atoms with van der Waals surface area (Å²) in [6.07, 6.45) is 1.86. The molecule has 4 nitrogen and oxygen atoms in total. The Morgan fingerprint density at radius 3 is 2.30 bits per heavy atom. The van der Waals surface area contributed by atoms with Gasteiger partial charge in [-0.15, -0.1) is 0 Å². The molecule has 0 spiro atoms. The zero-order valence-electron chi connectivity index (χ0n) is 12.9. The van der Waals surface area contributed by atoms with Gasteiger partial charge < -0.3 is 10.6 Å². The predicted octanol–water partition coefficient (Wildman–Crippen LogP) is 3.61. The molecule has 2 aromatic rings. The number of unbranched alkanes of at least 4 members (excludes halogenated alkanes) is 1. The summed E-state index contributed by atoms with van der Waals surface area (Å²) in [6, 6.07) is 12.4. The Morgan fingerprint density at radius 2 is 1.61 bits per heavy atom. The Bertz CT molecular complexity index is 701. The molecule has 0 heterocycles. The zero-order chi connectivity index (χ0) is 16.7. The highest BCUT2D eigenvalue weighted by atomic mass is 19.1. The molecule has 0 saturated carbocycles. The Hall–Kier alpha value is -2.69. The SMILES string of the molecule is CCCCNC(=O)c1ccccc1NC(=O)c1ccccc1F. The number of para-hydroxylation sites is 1. The summed E-state index contributed by atoms with van der Waals surface area (Å²) in [5.41, 5.74) is 0.650. The van der Waals surface area contributed by atoms with Crippen LogP contribution in [0.4, 0.5) is 10.1 Å². The number of halogens is 1. The summed E-state index contributed by atoms with van der Waals surface area (Å²) in [6.45, 7) is 2.61. The molecule has 0 aromatic heterocycles. The average Bonchev–Trinajstić information content (AvgIpc) is 2.55. The number of anilines is 1. The Labute approximate surface area is 134 Å². The van der Waals surface area contributed by atoms with Gasteiger partial charge in [0.05, 0.1) is 16.8 Å². The van der Waals surface area contributed by atoms with Crippen molar-refractivity contribution in [1.29, 1.82) is 0 Å². The van der Waals surface area contributed by atoms with Gasteiger partial charge in [0, 0.05) is 6.54 Å². The van der Waals surface area contributed by atoms with Crippen LogP contribution in [0, 0.1) is 5.82 Å². The molecule has 0 bridgehead atoms. The molecule has 0 radical (unpaired) electrons. The lowest BCUT2D eigenvalue weighted by atomic mass is 10.1. The lowest BCUT2D eigenvalue weighted by Crippen LogP contribution is -2.26. The normalized spacial score (nSPS) is 10.2. The number of hydrogen-bond acceptors (Lipinski definition) is 2. The quantitative estimate of drug-likeness (QED) is 0.800. The highest BCUT2D eigenvalue weighted by Crippen LogP contribution is 2.17. The maximum absolute atomic E-state index is 13.7. The molecule has 0 unspecified atom stereocenters. The van der Waals surface area contributed by atoms with E-state index in [1.54, 1.807) is 30.3 Å². The molecule has 2 aromatic carbocycles. The van der Waals surface area contributed by atoms with Crippen molar-refractivity contribution in [2.75, 3.05) is 11.9 Å². The standard InChI is InChI=1S/C18H19FN2O2/c1-2-3-12-20-17(22)14-9-5-7-11-16(14)21-18(23)13-8-4-6-10-15(13)19/h4-11H,2-3,12H2,1H3,(H,20,22)(H,21,23). The second kappa shape index (κ2) is 8.08. The Balaban J connectivity index is 2.16. The summed E-state index contributed by atoms with van der Waals surface area (Å²) < 4.78 is 13.7. The number of hydrogen-bond donors (Lipinski definition) is 2. The largest absolute Gasteiger partial charge is 0.352 e. The van der Waals surface area contributed by atoms with Crippen LogP contribution in [0.25, 0.3) is 0 Å². The monoisotopic (exact) mass is 314 g/mol. The minimum absolute atomic E-state index is 0.0614. The molecule has 5 heteroatoms. The van der Waals surface area contributed by atoms with Crippen LogP contribution in [0.1, 0.15) is 40.5 Å². The lowest BCUT2D eigenvalue weighted by molar-refractivity contribution is 0.0954. The van der Waals surface area contributed by atoms with Crippen molar-refractivity contribution in [3.05, 3.63) is 65.5 Å². The molecule has 2 amide bonds. The Morgan fingerprint density at radius 1 is 0.957 bits per heavy atom. The van der Waals surface area contributed by atoms with E-state index in [0.717, 1.165) is 12.8 Å². The summed E-state index contributed by atoms with van der Waals surface area (Å²) >= 11 is 0. The molecule has 23 heavy (non-hydrogen) atoms. The summed E-state index contributed by atoms with van der Waals surface area (Å²) in [5.74, 6) is -1.45. The maximum Gasteiger partial charge on any atom is 0.258 e. The van der Waals surface area contributed by atoms with Crippen molar-refractivity contribution < 1.29 is 14.0 Å². The van der Waals surface area contributed by atoms with Crippen LogP contribution >= 0.6 is 0 Å². The molecule has 0 aliphatic heterocycles. The molecule has 0 atom stereocenters. The van der Waals surface area contributed by atoms with Crippen LogP contribution in [0.15, 0.2) is 48.5 Å². The fourth-order valence-electron chi connectivity index (χ4n) is 2.10. The first-order valence-electron chi connectivity index (χ1n) is 7.56. The molecule has 2 N–H and O–H groups in total. The smallest absolute Gasteiger partial charge is 0.258 e. The fourth-order valence-corrected chi connectivity index (χ4v) is 2.10. The maximum atomic E-state index is 13.7. The van der Waals surface area contributed by atoms with Gasteiger partial charge in [-0.2, -0.15) is 0 Å². The van der Waals surface area contributed by atoms with Crippen LogP contribution in [0.3, 0.4) is 0 Å². The average molecular weight is 314 g/mol. The van der Waals surface area contributed by atoms with Gasteiger partial charge in [0.25, 0.3) is 11.8 Å². The van der Waals surface area contributed by atoms with Crippen molar-refractivity contribution in [1.82, 2.24) is 5.32 Å². The van der Waals surface area contributed by atoms with Gasteiger partial charge in [-0.25, -0.2) is 4.39 Å². The number of benzene rings is 2. The van der Waals surface area contributed by atoms with Crippen LogP contribution < -0.4 is 10.6 Å². The van der Waals surface area contributed by atoms with Crippen molar-refractivity contribution in [3.8, 4) is 0 Å². The van der Waals surface area contributed by atoms with Gasteiger partial charge in [0.1, 0.15) is 5.82 Å². The highest BCUT2D eigenvalue weighted by molar-refractivity contribution is 6.09. The third-order valence-corrected chi connectivity index (χ3v) is 3.35. The van der Waals surface area contributed by atoms with Crippen LogP contribution in [0.5, 0.6) is 0 Å². The second-order valence-corrected chi connectivity index (χ2v) is 5.09. The Kier molecular flexibility index (Phi) is 5.86. The number of nitrogens with one attached hydrogen (secondary N) is 2. The van der Waals surface area contributed by atoms with E-state index < -0.39 is 11.7 Å². The first-order chi connectivity index (χ1) is 11.1. The van der Waals surface area contributed by atoms with Gasteiger partial charge >= 0.3 is 0 Å². The molecule has 120 valence electrons. The van der Waals surface area contributed by atoms with Crippen molar-refractivity contribution in [2.24, 2.45) is 0 Å². The predicted molar refractivity (Wildman–Crippen MR) is 88.0 cm³/mol. The lowest BCUT2D eigenvalue weighted by Gasteiger charge is -2.11. The van der Waals surface area contributed by atoms with Crippen LogP contribution in [-0.2, 0) is 0 Å². The third kappa shape index (κ3) is 4.39. The second-order valence-electron chi connectivity index (χ2n) is 5.09. The molecule has 0 fully saturated rings. The van der Waals surface area contributed by atoms with E-state index >= 15 is 0 Å². The van der Waals surface area contributed by atoms with E-state index in [4.69, 9.17) is 0 Å². The molecule has 0 aliphatic carbocycles. The van der Waals surface area contributed by atoms with Gasteiger partial charge in [-0.05, 0) is 30.7 Å². The van der Waals surface area contributed by atoms with Crippen molar-refractivity contribution >= 4 is 17.5 Å².